The van der Waals surface area contributed by atoms with Gasteiger partial charge in [0, 0.05) is 39.5 Å². The largest absolute Gasteiger partial charge is 0.491 e. The Labute approximate surface area is 194 Å². The highest BCUT2D eigenvalue weighted by Gasteiger charge is 2.13. The lowest BCUT2D eigenvalue weighted by Crippen LogP contribution is -2.30. The molecule has 2 aromatic rings. The second kappa shape index (κ2) is 12.0. The summed E-state index contributed by atoms with van der Waals surface area (Å²) >= 11 is 6.21. The van der Waals surface area contributed by atoms with Crippen LogP contribution in [0, 0.1) is 0 Å². The van der Waals surface area contributed by atoms with Gasteiger partial charge >= 0.3 is 5.97 Å². The third kappa shape index (κ3) is 7.20. The van der Waals surface area contributed by atoms with E-state index in [9.17, 15) is 9.59 Å². The number of anilines is 1. The molecule has 0 atom stereocenters. The SMILES string of the molecule is CCOc1cc(/C=C/C(=O)OCC(=O)N(C)Cc2ccc(N(C)C)cc2)cc(Cl)c1OC. The van der Waals surface area contributed by atoms with Crippen LogP contribution in [0.2, 0.25) is 5.02 Å². The highest BCUT2D eigenvalue weighted by Crippen LogP contribution is 2.36. The summed E-state index contributed by atoms with van der Waals surface area (Å²) in [5.41, 5.74) is 2.70. The smallest absolute Gasteiger partial charge is 0.331 e. The normalized spacial score (nSPS) is 10.7. The average molecular weight is 461 g/mol. The van der Waals surface area contributed by atoms with Crippen molar-refractivity contribution in [1.29, 1.82) is 0 Å². The minimum atomic E-state index is -0.632. The zero-order valence-corrected chi connectivity index (χ0v) is 19.8. The van der Waals surface area contributed by atoms with Crippen molar-refractivity contribution in [2.75, 3.05) is 46.4 Å². The summed E-state index contributed by atoms with van der Waals surface area (Å²) in [5, 5.41) is 0.363. The summed E-state index contributed by atoms with van der Waals surface area (Å²) in [7, 11) is 7.10. The highest BCUT2D eigenvalue weighted by atomic mass is 35.5. The first kappa shape index (κ1) is 25.1. The summed E-state index contributed by atoms with van der Waals surface area (Å²) in [6.07, 6.45) is 2.78. The predicted octanol–water partition coefficient (Wildman–Crippen LogP) is 4.03. The van der Waals surface area contributed by atoms with E-state index in [-0.39, 0.29) is 12.5 Å². The van der Waals surface area contributed by atoms with Gasteiger partial charge in [-0.1, -0.05) is 23.7 Å². The molecule has 0 N–H and O–H groups in total. The summed E-state index contributed by atoms with van der Waals surface area (Å²) in [6, 6.07) is 11.3. The van der Waals surface area contributed by atoms with Gasteiger partial charge in [0.2, 0.25) is 0 Å². The maximum absolute atomic E-state index is 12.3. The fourth-order valence-electron chi connectivity index (χ4n) is 2.86. The molecule has 172 valence electrons. The minimum absolute atomic E-state index is 0.297. The Kier molecular flexibility index (Phi) is 9.40. The van der Waals surface area contributed by atoms with E-state index in [1.54, 1.807) is 19.2 Å². The molecule has 0 aliphatic heterocycles. The lowest BCUT2D eigenvalue weighted by molar-refractivity contribution is -0.147. The van der Waals surface area contributed by atoms with Gasteiger partial charge in [0.05, 0.1) is 18.7 Å². The molecule has 0 bridgehead atoms. The Morgan fingerprint density at radius 3 is 2.38 bits per heavy atom. The monoisotopic (exact) mass is 460 g/mol. The van der Waals surface area contributed by atoms with Gasteiger partial charge in [-0.2, -0.15) is 0 Å². The Balaban J connectivity index is 1.90. The zero-order valence-electron chi connectivity index (χ0n) is 19.1. The first-order chi connectivity index (χ1) is 15.2. The van der Waals surface area contributed by atoms with Gasteiger partial charge in [-0.15, -0.1) is 0 Å². The van der Waals surface area contributed by atoms with Crippen LogP contribution in [0.15, 0.2) is 42.5 Å². The van der Waals surface area contributed by atoms with Crippen molar-refractivity contribution in [1.82, 2.24) is 4.90 Å². The first-order valence-corrected chi connectivity index (χ1v) is 10.5. The van der Waals surface area contributed by atoms with E-state index >= 15 is 0 Å². The van der Waals surface area contributed by atoms with Crippen molar-refractivity contribution in [2.24, 2.45) is 0 Å². The molecule has 8 heteroatoms. The molecule has 0 radical (unpaired) electrons. The van der Waals surface area contributed by atoms with E-state index in [2.05, 4.69) is 0 Å². The van der Waals surface area contributed by atoms with Crippen molar-refractivity contribution < 1.29 is 23.8 Å². The zero-order chi connectivity index (χ0) is 23.7. The molecule has 0 aliphatic rings. The molecule has 0 saturated heterocycles. The molecule has 0 spiro atoms. The van der Waals surface area contributed by atoms with Crippen LogP contribution in [-0.4, -0.2) is 58.2 Å². The van der Waals surface area contributed by atoms with Crippen LogP contribution in [0.5, 0.6) is 11.5 Å². The van der Waals surface area contributed by atoms with Crippen LogP contribution in [-0.2, 0) is 20.9 Å². The predicted molar refractivity (Wildman–Crippen MR) is 126 cm³/mol. The van der Waals surface area contributed by atoms with Crippen molar-refractivity contribution >= 4 is 35.2 Å². The molecule has 2 rings (SSSR count). The van der Waals surface area contributed by atoms with Crippen molar-refractivity contribution in [3.63, 3.8) is 0 Å². The van der Waals surface area contributed by atoms with Crippen molar-refractivity contribution in [3.8, 4) is 11.5 Å². The molecular formula is C24H29ClN2O5. The van der Waals surface area contributed by atoms with E-state index in [1.807, 2.05) is 50.2 Å². The summed E-state index contributed by atoms with van der Waals surface area (Å²) in [5.74, 6) is -0.0225. The Morgan fingerprint density at radius 2 is 1.78 bits per heavy atom. The number of hydrogen-bond acceptors (Lipinski definition) is 6. The van der Waals surface area contributed by atoms with Crippen LogP contribution in [0.4, 0.5) is 5.69 Å². The van der Waals surface area contributed by atoms with Crippen LogP contribution in [0.1, 0.15) is 18.1 Å². The fourth-order valence-corrected chi connectivity index (χ4v) is 3.16. The summed E-state index contributed by atoms with van der Waals surface area (Å²) in [4.78, 5) is 27.9. The van der Waals surface area contributed by atoms with Gasteiger partial charge in [0.1, 0.15) is 0 Å². The van der Waals surface area contributed by atoms with Gasteiger partial charge in [-0.3, -0.25) is 4.79 Å². The lowest BCUT2D eigenvalue weighted by atomic mass is 10.2. The standard InChI is InChI=1S/C24H29ClN2O5/c1-6-31-21-14-18(13-20(25)24(21)30-5)9-12-23(29)32-16-22(28)27(4)15-17-7-10-19(11-8-17)26(2)3/h7-14H,6,15-16H2,1-5H3/b12-9+. The molecule has 0 aromatic heterocycles. The number of ether oxygens (including phenoxy) is 3. The van der Waals surface area contributed by atoms with Gasteiger partial charge in [0.15, 0.2) is 18.1 Å². The van der Waals surface area contributed by atoms with Gasteiger partial charge in [-0.25, -0.2) is 4.79 Å². The second-order valence-electron chi connectivity index (χ2n) is 7.22. The number of methoxy groups -OCH3 is 1. The lowest BCUT2D eigenvalue weighted by Gasteiger charge is -2.18. The molecule has 0 unspecified atom stereocenters. The number of likely N-dealkylation sites (N-methyl/N-ethyl adjacent to an activating group) is 1. The topological polar surface area (TPSA) is 68.3 Å². The van der Waals surface area contributed by atoms with Crippen LogP contribution in [0.25, 0.3) is 6.08 Å². The van der Waals surface area contributed by atoms with E-state index in [0.29, 0.717) is 35.2 Å². The first-order valence-electron chi connectivity index (χ1n) is 10.1. The van der Waals surface area contributed by atoms with E-state index in [1.165, 1.54) is 24.2 Å². The number of halogens is 1. The molecular weight excluding hydrogens is 432 g/mol. The Bertz CT molecular complexity index is 958. The molecule has 1 amide bonds. The van der Waals surface area contributed by atoms with Crippen LogP contribution >= 0.6 is 11.6 Å². The van der Waals surface area contributed by atoms with Gasteiger partial charge in [-0.05, 0) is 48.4 Å². The Hall–Kier alpha value is -3.19. The Morgan fingerprint density at radius 1 is 1.09 bits per heavy atom. The number of hydrogen-bond donors (Lipinski definition) is 0. The number of benzene rings is 2. The molecule has 0 fully saturated rings. The molecule has 0 aliphatic carbocycles. The molecule has 7 nitrogen and oxygen atoms in total. The van der Waals surface area contributed by atoms with E-state index in [0.717, 1.165) is 11.3 Å². The maximum Gasteiger partial charge on any atom is 0.331 e. The summed E-state index contributed by atoms with van der Waals surface area (Å²) in [6.45, 7) is 2.37. The van der Waals surface area contributed by atoms with Crippen LogP contribution < -0.4 is 14.4 Å². The third-order valence-electron chi connectivity index (χ3n) is 4.58. The number of rotatable bonds is 10. The second-order valence-corrected chi connectivity index (χ2v) is 7.63. The van der Waals surface area contributed by atoms with Crippen molar-refractivity contribution in [3.05, 3.63) is 58.6 Å². The number of amides is 1. The van der Waals surface area contributed by atoms with Gasteiger partial charge < -0.3 is 24.0 Å². The highest BCUT2D eigenvalue weighted by molar-refractivity contribution is 6.32. The third-order valence-corrected chi connectivity index (χ3v) is 4.86. The van der Waals surface area contributed by atoms with Crippen LogP contribution in [0.3, 0.4) is 0 Å². The quantitative estimate of drug-likeness (QED) is 0.394. The van der Waals surface area contributed by atoms with E-state index in [4.69, 9.17) is 25.8 Å². The molecule has 2 aromatic carbocycles. The number of carbonyl (C=O) groups excluding carboxylic acids is 2. The minimum Gasteiger partial charge on any atom is -0.491 e. The maximum atomic E-state index is 12.3. The van der Waals surface area contributed by atoms with E-state index < -0.39 is 5.97 Å². The fraction of sp³-hybridized carbons (Fsp3) is 0.333. The van der Waals surface area contributed by atoms with Crippen molar-refractivity contribution in [2.45, 2.75) is 13.5 Å². The molecule has 0 heterocycles. The number of nitrogens with zero attached hydrogens (tertiary/aromatic N) is 2. The average Bonchev–Trinajstić information content (AvgIpc) is 2.76. The summed E-state index contributed by atoms with van der Waals surface area (Å²) < 4.78 is 15.8. The molecule has 32 heavy (non-hydrogen) atoms. The van der Waals surface area contributed by atoms with Gasteiger partial charge in [0.25, 0.3) is 5.91 Å². The number of carbonyl (C=O) groups is 2. The molecule has 0 saturated carbocycles. The number of esters is 1.